The lowest BCUT2D eigenvalue weighted by Crippen LogP contribution is -2.31. The minimum absolute atomic E-state index is 0.0399. The summed E-state index contributed by atoms with van der Waals surface area (Å²) in [5.74, 6) is -0.253. The molecule has 0 spiro atoms. The molecule has 0 heterocycles. The number of carbonyl (C=O) groups is 1. The van der Waals surface area contributed by atoms with Crippen molar-refractivity contribution in [2.24, 2.45) is 0 Å². The Labute approximate surface area is 105 Å². The topological polar surface area (TPSA) is 38.3 Å². The van der Waals surface area contributed by atoms with Crippen LogP contribution in [0.3, 0.4) is 0 Å². The van der Waals surface area contributed by atoms with E-state index in [1.807, 2.05) is 6.92 Å². The van der Waals surface area contributed by atoms with E-state index in [2.05, 4.69) is 5.32 Å². The normalized spacial score (nSPS) is 12.2. The zero-order chi connectivity index (χ0) is 12.1. The van der Waals surface area contributed by atoms with E-state index >= 15 is 0 Å². The van der Waals surface area contributed by atoms with Crippen LogP contribution in [0.4, 0.5) is 0 Å². The second-order valence-electron chi connectivity index (χ2n) is 3.38. The number of carbonyl (C=O) groups excluding carboxylic acids is 1. The van der Waals surface area contributed by atoms with Crippen LogP contribution < -0.4 is 5.32 Å². The number of ether oxygens (including phenoxy) is 1. The summed E-state index contributed by atoms with van der Waals surface area (Å²) in [7, 11) is 1.59. The van der Waals surface area contributed by atoms with Gasteiger partial charge >= 0.3 is 0 Å². The van der Waals surface area contributed by atoms with Crippen LogP contribution in [-0.4, -0.2) is 25.7 Å². The molecule has 0 saturated heterocycles. The van der Waals surface area contributed by atoms with Crippen molar-refractivity contribution in [1.82, 2.24) is 5.32 Å². The van der Waals surface area contributed by atoms with Crippen molar-refractivity contribution in [2.75, 3.05) is 13.7 Å². The molecule has 0 aliphatic rings. The Morgan fingerprint density at radius 2 is 2.19 bits per heavy atom. The molecule has 0 aliphatic heterocycles. The Hall–Kier alpha value is -0.770. The highest BCUT2D eigenvalue weighted by molar-refractivity contribution is 6.35. The van der Waals surface area contributed by atoms with Crippen LogP contribution in [0, 0.1) is 0 Å². The Bertz CT molecular complexity index is 382. The molecule has 0 saturated carbocycles. The van der Waals surface area contributed by atoms with Crippen LogP contribution in [0.1, 0.15) is 17.3 Å². The third-order valence-electron chi connectivity index (χ3n) is 2.13. The first-order chi connectivity index (χ1) is 7.54. The maximum absolute atomic E-state index is 11.7. The summed E-state index contributed by atoms with van der Waals surface area (Å²) in [6, 6.07) is 4.77. The van der Waals surface area contributed by atoms with Crippen molar-refractivity contribution < 1.29 is 9.53 Å². The second kappa shape index (κ2) is 6.09. The standard InChI is InChI=1S/C11H13Cl2NO2/c1-7(16-2)6-14-11(15)9-5-8(12)3-4-10(9)13/h3-5,7H,6H2,1-2H3,(H,14,15). The maximum Gasteiger partial charge on any atom is 0.252 e. The molecule has 88 valence electrons. The van der Waals surface area contributed by atoms with Gasteiger partial charge in [0, 0.05) is 18.7 Å². The summed E-state index contributed by atoms with van der Waals surface area (Å²) in [5, 5.41) is 3.57. The van der Waals surface area contributed by atoms with Crippen molar-refractivity contribution in [3.8, 4) is 0 Å². The summed E-state index contributed by atoms with van der Waals surface area (Å²) in [4.78, 5) is 11.7. The molecule has 1 amide bonds. The number of halogens is 2. The maximum atomic E-state index is 11.7. The van der Waals surface area contributed by atoms with E-state index in [4.69, 9.17) is 27.9 Å². The van der Waals surface area contributed by atoms with Gasteiger partial charge in [0.15, 0.2) is 0 Å². The Morgan fingerprint density at radius 1 is 1.50 bits per heavy atom. The molecule has 0 aromatic heterocycles. The highest BCUT2D eigenvalue weighted by Gasteiger charge is 2.11. The average Bonchev–Trinajstić information content (AvgIpc) is 2.28. The SMILES string of the molecule is COC(C)CNC(=O)c1cc(Cl)ccc1Cl. The zero-order valence-electron chi connectivity index (χ0n) is 9.09. The Kier molecular flexibility index (Phi) is 5.06. The molecular formula is C11H13Cl2NO2. The minimum atomic E-state index is -0.253. The van der Waals surface area contributed by atoms with Crippen LogP contribution >= 0.6 is 23.2 Å². The van der Waals surface area contributed by atoms with E-state index in [0.29, 0.717) is 22.2 Å². The van der Waals surface area contributed by atoms with E-state index in [-0.39, 0.29) is 12.0 Å². The van der Waals surface area contributed by atoms with Gasteiger partial charge in [0.05, 0.1) is 16.7 Å². The molecule has 0 fully saturated rings. The largest absolute Gasteiger partial charge is 0.380 e. The number of amides is 1. The number of methoxy groups -OCH3 is 1. The predicted molar refractivity (Wildman–Crippen MR) is 65.3 cm³/mol. The van der Waals surface area contributed by atoms with Gasteiger partial charge in [-0.15, -0.1) is 0 Å². The second-order valence-corrected chi connectivity index (χ2v) is 4.22. The smallest absolute Gasteiger partial charge is 0.252 e. The lowest BCUT2D eigenvalue weighted by atomic mass is 10.2. The van der Waals surface area contributed by atoms with E-state index in [0.717, 1.165) is 0 Å². The van der Waals surface area contributed by atoms with Gasteiger partial charge in [-0.25, -0.2) is 0 Å². The molecule has 5 heteroatoms. The molecule has 3 nitrogen and oxygen atoms in total. The summed E-state index contributed by atoms with van der Waals surface area (Å²) in [6.45, 7) is 2.29. The summed E-state index contributed by atoms with van der Waals surface area (Å²) < 4.78 is 5.02. The summed E-state index contributed by atoms with van der Waals surface area (Å²) in [5.41, 5.74) is 0.373. The molecule has 0 bridgehead atoms. The number of hydrogen-bond donors (Lipinski definition) is 1. The van der Waals surface area contributed by atoms with E-state index in [1.165, 1.54) is 6.07 Å². The highest BCUT2D eigenvalue weighted by atomic mass is 35.5. The molecule has 1 N–H and O–H groups in total. The van der Waals surface area contributed by atoms with Crippen molar-refractivity contribution in [1.29, 1.82) is 0 Å². The monoisotopic (exact) mass is 261 g/mol. The van der Waals surface area contributed by atoms with Crippen molar-refractivity contribution >= 4 is 29.1 Å². The predicted octanol–water partition coefficient (Wildman–Crippen LogP) is 2.76. The van der Waals surface area contributed by atoms with Crippen molar-refractivity contribution in [3.05, 3.63) is 33.8 Å². The Morgan fingerprint density at radius 3 is 2.81 bits per heavy atom. The first-order valence-corrected chi connectivity index (χ1v) is 5.56. The van der Waals surface area contributed by atoms with Crippen molar-refractivity contribution in [2.45, 2.75) is 13.0 Å². The lowest BCUT2D eigenvalue weighted by Gasteiger charge is -2.11. The molecule has 1 unspecified atom stereocenters. The molecule has 1 aromatic carbocycles. The van der Waals surface area contributed by atoms with Gasteiger partial charge in [-0.2, -0.15) is 0 Å². The summed E-state index contributed by atoms with van der Waals surface area (Å²) in [6.07, 6.45) is -0.0399. The fourth-order valence-electron chi connectivity index (χ4n) is 1.09. The molecular weight excluding hydrogens is 249 g/mol. The first-order valence-electron chi connectivity index (χ1n) is 4.80. The number of benzene rings is 1. The number of rotatable bonds is 4. The van der Waals surface area contributed by atoms with Gasteiger partial charge in [0.2, 0.25) is 0 Å². The van der Waals surface area contributed by atoms with Crippen LogP contribution in [0.2, 0.25) is 10.0 Å². The van der Waals surface area contributed by atoms with E-state index < -0.39 is 0 Å². The fourth-order valence-corrected chi connectivity index (χ4v) is 1.46. The average molecular weight is 262 g/mol. The highest BCUT2D eigenvalue weighted by Crippen LogP contribution is 2.20. The third-order valence-corrected chi connectivity index (χ3v) is 2.69. The lowest BCUT2D eigenvalue weighted by molar-refractivity contribution is 0.0870. The number of hydrogen-bond acceptors (Lipinski definition) is 2. The van der Waals surface area contributed by atoms with Gasteiger partial charge in [0.1, 0.15) is 0 Å². The Balaban J connectivity index is 2.69. The quantitative estimate of drug-likeness (QED) is 0.906. The van der Waals surface area contributed by atoms with E-state index in [1.54, 1.807) is 19.2 Å². The zero-order valence-corrected chi connectivity index (χ0v) is 10.6. The van der Waals surface area contributed by atoms with Gasteiger partial charge < -0.3 is 10.1 Å². The van der Waals surface area contributed by atoms with Gasteiger partial charge in [0.25, 0.3) is 5.91 Å². The minimum Gasteiger partial charge on any atom is -0.380 e. The molecule has 0 aliphatic carbocycles. The van der Waals surface area contributed by atoms with Crippen LogP contribution in [0.15, 0.2) is 18.2 Å². The van der Waals surface area contributed by atoms with Crippen LogP contribution in [0.25, 0.3) is 0 Å². The molecule has 16 heavy (non-hydrogen) atoms. The summed E-state index contributed by atoms with van der Waals surface area (Å²) >= 11 is 11.7. The van der Waals surface area contributed by atoms with Crippen LogP contribution in [0.5, 0.6) is 0 Å². The molecule has 1 aromatic rings. The van der Waals surface area contributed by atoms with Crippen LogP contribution in [-0.2, 0) is 4.74 Å². The van der Waals surface area contributed by atoms with Gasteiger partial charge in [-0.05, 0) is 25.1 Å². The fraction of sp³-hybridized carbons (Fsp3) is 0.364. The number of nitrogens with one attached hydrogen (secondary N) is 1. The van der Waals surface area contributed by atoms with Crippen molar-refractivity contribution in [3.63, 3.8) is 0 Å². The molecule has 0 radical (unpaired) electrons. The van der Waals surface area contributed by atoms with Gasteiger partial charge in [-0.1, -0.05) is 23.2 Å². The van der Waals surface area contributed by atoms with E-state index in [9.17, 15) is 4.79 Å². The third kappa shape index (κ3) is 3.67. The first kappa shape index (κ1) is 13.3. The molecule has 1 rings (SSSR count). The molecule has 1 atom stereocenters. The van der Waals surface area contributed by atoms with Gasteiger partial charge in [-0.3, -0.25) is 4.79 Å².